The highest BCUT2D eigenvalue weighted by Crippen LogP contribution is 2.16. The van der Waals surface area contributed by atoms with E-state index in [2.05, 4.69) is 15.4 Å². The van der Waals surface area contributed by atoms with E-state index in [0.717, 1.165) is 0 Å². The number of rotatable bonds is 7. The number of carbonyl (C=O) groups is 1. The van der Waals surface area contributed by atoms with Crippen molar-refractivity contribution in [1.82, 2.24) is 14.8 Å². The van der Waals surface area contributed by atoms with Gasteiger partial charge >= 0.3 is 0 Å². The minimum absolute atomic E-state index is 0.0466. The zero-order chi connectivity index (χ0) is 20.1. The molecule has 3 rings (SSSR count). The van der Waals surface area contributed by atoms with E-state index in [4.69, 9.17) is 11.6 Å². The number of carbonyl (C=O) groups excluding carboxylic acids is 1. The second-order valence-corrected chi connectivity index (χ2v) is 8.51. The van der Waals surface area contributed by atoms with Gasteiger partial charge in [-0.15, -0.1) is 5.10 Å². The van der Waals surface area contributed by atoms with Crippen LogP contribution in [0.15, 0.2) is 59.8 Å². The number of amides is 1. The summed E-state index contributed by atoms with van der Waals surface area (Å²) in [6, 6.07) is 11.8. The van der Waals surface area contributed by atoms with E-state index in [1.54, 1.807) is 12.1 Å². The molecular weight excluding hydrogens is 407 g/mol. The second kappa shape index (κ2) is 8.49. The lowest BCUT2D eigenvalue weighted by atomic mass is 10.2. The van der Waals surface area contributed by atoms with E-state index in [-0.39, 0.29) is 35.4 Å². The molecule has 10 heteroatoms. The fraction of sp³-hybridized carbons (Fsp3) is 0.167. The van der Waals surface area contributed by atoms with Gasteiger partial charge < -0.3 is 0 Å². The fourth-order valence-corrected chi connectivity index (χ4v) is 3.79. The zero-order valence-electron chi connectivity index (χ0n) is 14.5. The molecule has 1 amide bonds. The number of nitrogens with one attached hydrogen (secondary N) is 1. The van der Waals surface area contributed by atoms with Gasteiger partial charge in [-0.3, -0.25) is 10.1 Å². The number of anilines is 1. The number of nitrogens with zero attached hydrogens (tertiary/aromatic N) is 3. The minimum Gasteiger partial charge on any atom is -0.293 e. The average molecular weight is 423 g/mol. The summed E-state index contributed by atoms with van der Waals surface area (Å²) in [5.41, 5.74) is 0.692. The molecule has 1 N–H and O–H groups in total. The lowest BCUT2D eigenvalue weighted by Gasteiger charge is -2.05. The Labute approximate surface area is 166 Å². The van der Waals surface area contributed by atoms with Crippen LogP contribution in [0.1, 0.15) is 12.0 Å². The van der Waals surface area contributed by atoms with Crippen molar-refractivity contribution >= 4 is 33.3 Å². The van der Waals surface area contributed by atoms with Crippen molar-refractivity contribution in [2.45, 2.75) is 17.9 Å². The van der Waals surface area contributed by atoms with Gasteiger partial charge in [0.2, 0.25) is 11.9 Å². The van der Waals surface area contributed by atoms with Crippen molar-refractivity contribution < 1.29 is 17.6 Å². The van der Waals surface area contributed by atoms with Crippen molar-refractivity contribution in [3.8, 4) is 0 Å². The van der Waals surface area contributed by atoms with Gasteiger partial charge in [-0.25, -0.2) is 22.5 Å². The molecule has 0 aliphatic rings. The first kappa shape index (κ1) is 20.0. The topological polar surface area (TPSA) is 94.0 Å². The molecule has 28 heavy (non-hydrogen) atoms. The third-order valence-corrected chi connectivity index (χ3v) is 5.78. The quantitative estimate of drug-likeness (QED) is 0.631. The van der Waals surface area contributed by atoms with Crippen molar-refractivity contribution in [2.24, 2.45) is 0 Å². The Hall–Kier alpha value is -2.78. The Morgan fingerprint density at radius 3 is 2.64 bits per heavy atom. The molecule has 0 saturated heterocycles. The summed E-state index contributed by atoms with van der Waals surface area (Å²) < 4.78 is 39.1. The molecule has 0 aliphatic heterocycles. The van der Waals surface area contributed by atoms with Crippen LogP contribution in [0.5, 0.6) is 0 Å². The van der Waals surface area contributed by atoms with Crippen LogP contribution in [0.25, 0.3) is 0 Å². The molecule has 0 saturated carbocycles. The Balaban J connectivity index is 1.55. The summed E-state index contributed by atoms with van der Waals surface area (Å²) in [7, 11) is -3.60. The monoisotopic (exact) mass is 422 g/mol. The largest absolute Gasteiger partial charge is 0.293 e. The van der Waals surface area contributed by atoms with Crippen LogP contribution in [0.2, 0.25) is 5.02 Å². The minimum atomic E-state index is -3.60. The Kier molecular flexibility index (Phi) is 6.05. The normalized spacial score (nSPS) is 11.4. The van der Waals surface area contributed by atoms with Crippen molar-refractivity contribution in [3.63, 3.8) is 0 Å². The molecule has 1 aromatic heterocycles. The summed E-state index contributed by atoms with van der Waals surface area (Å²) in [5, 5.41) is 6.95. The Bertz CT molecular complexity index is 1080. The number of sulfone groups is 1. The van der Waals surface area contributed by atoms with E-state index in [1.165, 1.54) is 47.4 Å². The molecule has 0 unspecified atom stereocenters. The van der Waals surface area contributed by atoms with Gasteiger partial charge in [0.05, 0.1) is 17.2 Å². The molecule has 0 bridgehead atoms. The van der Waals surface area contributed by atoms with E-state index in [1.807, 2.05) is 0 Å². The van der Waals surface area contributed by atoms with Crippen LogP contribution in [-0.4, -0.2) is 34.8 Å². The first-order chi connectivity index (χ1) is 13.3. The molecule has 3 aromatic rings. The van der Waals surface area contributed by atoms with Crippen molar-refractivity contribution in [3.05, 3.63) is 71.3 Å². The summed E-state index contributed by atoms with van der Waals surface area (Å²) in [5.74, 6) is -1.19. The Morgan fingerprint density at radius 1 is 1.18 bits per heavy atom. The van der Waals surface area contributed by atoms with Gasteiger partial charge in [0, 0.05) is 11.4 Å². The molecule has 0 atom stereocenters. The molecule has 1 heterocycles. The predicted octanol–water partition coefficient (Wildman–Crippen LogP) is 2.92. The SMILES string of the molecule is O=C(CCS(=O)(=O)c1ccc(Cl)cc1)Nc1ncn(Cc2cccc(F)c2)n1. The number of halogens is 2. The van der Waals surface area contributed by atoms with Crippen LogP contribution in [0.4, 0.5) is 10.3 Å². The van der Waals surface area contributed by atoms with Crippen LogP contribution < -0.4 is 5.32 Å². The summed E-state index contributed by atoms with van der Waals surface area (Å²) >= 11 is 5.75. The van der Waals surface area contributed by atoms with E-state index in [0.29, 0.717) is 10.6 Å². The highest BCUT2D eigenvalue weighted by Gasteiger charge is 2.17. The molecule has 7 nitrogen and oxygen atoms in total. The number of benzene rings is 2. The van der Waals surface area contributed by atoms with Gasteiger partial charge in [0.15, 0.2) is 9.84 Å². The molecule has 0 radical (unpaired) electrons. The summed E-state index contributed by atoms with van der Waals surface area (Å²) in [6.07, 6.45) is 1.15. The number of hydrogen-bond acceptors (Lipinski definition) is 5. The number of hydrogen-bond donors (Lipinski definition) is 1. The third kappa shape index (κ3) is 5.37. The van der Waals surface area contributed by atoms with Crippen LogP contribution in [0, 0.1) is 5.82 Å². The zero-order valence-corrected chi connectivity index (χ0v) is 16.1. The highest BCUT2D eigenvalue weighted by atomic mass is 35.5. The van der Waals surface area contributed by atoms with Crippen LogP contribution in [-0.2, 0) is 21.2 Å². The maximum Gasteiger partial charge on any atom is 0.248 e. The molecule has 0 aliphatic carbocycles. The standard InChI is InChI=1S/C18H16ClFN4O3S/c19-14-4-6-16(7-5-14)28(26,27)9-8-17(25)22-18-21-12-24(23-18)11-13-2-1-3-15(20)10-13/h1-7,10,12H,8-9,11H2,(H,22,23,25). The third-order valence-electron chi connectivity index (χ3n) is 3.79. The summed E-state index contributed by atoms with van der Waals surface area (Å²) in [6.45, 7) is 0.283. The van der Waals surface area contributed by atoms with Crippen molar-refractivity contribution in [1.29, 1.82) is 0 Å². The van der Waals surface area contributed by atoms with E-state index < -0.39 is 15.7 Å². The molecule has 146 valence electrons. The van der Waals surface area contributed by atoms with Gasteiger partial charge in [-0.1, -0.05) is 23.7 Å². The molecule has 2 aromatic carbocycles. The molecular formula is C18H16ClFN4O3S. The maximum absolute atomic E-state index is 13.2. The van der Waals surface area contributed by atoms with Gasteiger partial charge in [0.1, 0.15) is 12.1 Å². The van der Waals surface area contributed by atoms with Crippen LogP contribution in [0.3, 0.4) is 0 Å². The highest BCUT2D eigenvalue weighted by molar-refractivity contribution is 7.91. The first-order valence-corrected chi connectivity index (χ1v) is 10.3. The fourth-order valence-electron chi connectivity index (χ4n) is 2.42. The predicted molar refractivity (Wildman–Crippen MR) is 102 cm³/mol. The lowest BCUT2D eigenvalue weighted by Crippen LogP contribution is -2.18. The van der Waals surface area contributed by atoms with Crippen molar-refractivity contribution in [2.75, 3.05) is 11.1 Å². The van der Waals surface area contributed by atoms with Gasteiger partial charge in [0.25, 0.3) is 0 Å². The second-order valence-electron chi connectivity index (χ2n) is 5.97. The van der Waals surface area contributed by atoms with E-state index >= 15 is 0 Å². The average Bonchev–Trinajstić information content (AvgIpc) is 3.07. The Morgan fingerprint density at radius 2 is 1.93 bits per heavy atom. The smallest absolute Gasteiger partial charge is 0.248 e. The van der Waals surface area contributed by atoms with Crippen LogP contribution >= 0.6 is 11.6 Å². The van der Waals surface area contributed by atoms with E-state index in [9.17, 15) is 17.6 Å². The first-order valence-electron chi connectivity index (χ1n) is 8.24. The molecule has 0 fully saturated rings. The number of aromatic nitrogens is 3. The summed E-state index contributed by atoms with van der Waals surface area (Å²) in [4.78, 5) is 16.1. The molecule has 0 spiro atoms. The van der Waals surface area contributed by atoms with Gasteiger partial charge in [-0.2, -0.15) is 0 Å². The lowest BCUT2D eigenvalue weighted by molar-refractivity contribution is -0.115. The van der Waals surface area contributed by atoms with Gasteiger partial charge in [-0.05, 0) is 42.0 Å². The maximum atomic E-state index is 13.2.